The maximum atomic E-state index is 3.83. The average Bonchev–Trinajstić information content (AvgIpc) is 3.10. The quantitative estimate of drug-likeness (QED) is 0.910. The van der Waals surface area contributed by atoms with Gasteiger partial charge in [-0.25, -0.2) is 0 Å². The zero-order chi connectivity index (χ0) is 14.2. The van der Waals surface area contributed by atoms with Crippen molar-refractivity contribution in [3.8, 4) is 0 Å². The first-order valence-electron chi connectivity index (χ1n) is 8.02. The number of rotatable bonds is 4. The fourth-order valence-corrected chi connectivity index (χ4v) is 4.03. The summed E-state index contributed by atoms with van der Waals surface area (Å²) in [6.45, 7) is 10.6. The lowest BCUT2D eigenvalue weighted by Gasteiger charge is -2.39. The standard InChI is InChI=1S/C17H28N2S/c1-17(2,3)12-18-14-9-13(16-5-4-8-20-16)10-19(11-14)15-6-7-15/h4-5,8,13-15,18H,6-7,9-12H2,1-3H3. The highest BCUT2D eigenvalue weighted by Gasteiger charge is 2.36. The van der Waals surface area contributed by atoms with Crippen LogP contribution in [0.3, 0.4) is 0 Å². The van der Waals surface area contributed by atoms with Gasteiger partial charge in [-0.2, -0.15) is 0 Å². The highest BCUT2D eigenvalue weighted by molar-refractivity contribution is 7.10. The summed E-state index contributed by atoms with van der Waals surface area (Å²) in [5.41, 5.74) is 0.375. The molecule has 0 aromatic carbocycles. The molecule has 1 aliphatic carbocycles. The van der Waals surface area contributed by atoms with Gasteiger partial charge in [0, 0.05) is 42.5 Å². The van der Waals surface area contributed by atoms with Crippen molar-refractivity contribution in [3.63, 3.8) is 0 Å². The van der Waals surface area contributed by atoms with Gasteiger partial charge in [-0.05, 0) is 36.1 Å². The Morgan fingerprint density at radius 1 is 1.30 bits per heavy atom. The summed E-state index contributed by atoms with van der Waals surface area (Å²) in [6, 6.07) is 6.08. The van der Waals surface area contributed by atoms with Crippen LogP contribution in [-0.4, -0.2) is 36.6 Å². The van der Waals surface area contributed by atoms with Crippen molar-refractivity contribution in [2.24, 2.45) is 5.41 Å². The predicted molar refractivity (Wildman–Crippen MR) is 87.5 cm³/mol. The van der Waals surface area contributed by atoms with E-state index in [1.165, 1.54) is 32.4 Å². The molecular formula is C17H28N2S. The molecule has 3 heteroatoms. The van der Waals surface area contributed by atoms with Crippen LogP contribution in [0.4, 0.5) is 0 Å². The third kappa shape index (κ3) is 3.84. The third-order valence-corrected chi connectivity index (χ3v) is 5.44. The Morgan fingerprint density at radius 2 is 2.10 bits per heavy atom. The van der Waals surface area contributed by atoms with Crippen LogP contribution < -0.4 is 5.32 Å². The summed E-state index contributed by atoms with van der Waals surface area (Å²) in [5.74, 6) is 0.738. The SMILES string of the molecule is CC(C)(C)CNC1CC(c2cccs2)CN(C2CC2)C1. The Hall–Kier alpha value is -0.380. The monoisotopic (exact) mass is 292 g/mol. The lowest BCUT2D eigenvalue weighted by atomic mass is 9.91. The number of thiophene rings is 1. The summed E-state index contributed by atoms with van der Waals surface area (Å²) in [6.07, 6.45) is 4.14. The van der Waals surface area contributed by atoms with Crippen LogP contribution in [-0.2, 0) is 0 Å². The van der Waals surface area contributed by atoms with E-state index in [1.54, 1.807) is 4.88 Å². The van der Waals surface area contributed by atoms with Crippen molar-refractivity contribution in [1.82, 2.24) is 10.2 Å². The largest absolute Gasteiger partial charge is 0.312 e. The Morgan fingerprint density at radius 3 is 2.70 bits per heavy atom. The molecule has 0 radical (unpaired) electrons. The maximum Gasteiger partial charge on any atom is 0.0201 e. The van der Waals surface area contributed by atoms with Crippen LogP contribution in [0.2, 0.25) is 0 Å². The molecule has 0 spiro atoms. The Balaban J connectivity index is 1.64. The number of hydrogen-bond acceptors (Lipinski definition) is 3. The molecule has 2 nitrogen and oxygen atoms in total. The van der Waals surface area contributed by atoms with Gasteiger partial charge in [-0.1, -0.05) is 26.8 Å². The average molecular weight is 292 g/mol. The van der Waals surface area contributed by atoms with Gasteiger partial charge in [0.05, 0.1) is 0 Å². The van der Waals surface area contributed by atoms with Gasteiger partial charge in [0.1, 0.15) is 0 Å². The van der Waals surface area contributed by atoms with Crippen molar-refractivity contribution < 1.29 is 0 Å². The molecule has 2 fully saturated rings. The summed E-state index contributed by atoms with van der Waals surface area (Å²) in [7, 11) is 0. The second-order valence-electron chi connectivity index (χ2n) is 7.77. The molecule has 1 saturated carbocycles. The minimum atomic E-state index is 0.375. The number of nitrogens with one attached hydrogen (secondary N) is 1. The first-order valence-corrected chi connectivity index (χ1v) is 8.90. The van der Waals surface area contributed by atoms with E-state index in [1.807, 2.05) is 11.3 Å². The van der Waals surface area contributed by atoms with Gasteiger partial charge < -0.3 is 5.32 Å². The van der Waals surface area contributed by atoms with Crippen molar-refractivity contribution in [2.45, 2.75) is 58.0 Å². The van der Waals surface area contributed by atoms with Crippen LogP contribution in [0.15, 0.2) is 17.5 Å². The van der Waals surface area contributed by atoms with E-state index in [4.69, 9.17) is 0 Å². The first kappa shape index (κ1) is 14.6. The van der Waals surface area contributed by atoms with Gasteiger partial charge in [0.2, 0.25) is 0 Å². The molecule has 1 aliphatic heterocycles. The van der Waals surface area contributed by atoms with Crippen LogP contribution in [0, 0.1) is 5.41 Å². The fourth-order valence-electron chi connectivity index (χ4n) is 3.20. The van der Waals surface area contributed by atoms with E-state index in [-0.39, 0.29) is 0 Å². The molecule has 2 aliphatic rings. The molecule has 3 rings (SSSR count). The molecule has 2 atom stereocenters. The molecule has 0 bridgehead atoms. The van der Waals surface area contributed by atoms with E-state index in [2.05, 4.69) is 48.5 Å². The van der Waals surface area contributed by atoms with Gasteiger partial charge in [-0.3, -0.25) is 4.90 Å². The van der Waals surface area contributed by atoms with Crippen molar-refractivity contribution >= 4 is 11.3 Å². The van der Waals surface area contributed by atoms with E-state index < -0.39 is 0 Å². The summed E-state index contributed by atoms with van der Waals surface area (Å²) < 4.78 is 0. The molecule has 2 heterocycles. The van der Waals surface area contributed by atoms with Gasteiger partial charge >= 0.3 is 0 Å². The van der Waals surface area contributed by atoms with Gasteiger partial charge in [0.15, 0.2) is 0 Å². The number of hydrogen-bond donors (Lipinski definition) is 1. The normalized spacial score (nSPS) is 28.8. The van der Waals surface area contributed by atoms with E-state index in [0.717, 1.165) is 18.5 Å². The van der Waals surface area contributed by atoms with E-state index in [9.17, 15) is 0 Å². The molecule has 20 heavy (non-hydrogen) atoms. The Labute approximate surface area is 127 Å². The zero-order valence-electron chi connectivity index (χ0n) is 13.1. The van der Waals surface area contributed by atoms with Crippen LogP contribution in [0.5, 0.6) is 0 Å². The predicted octanol–water partition coefficient (Wildman–Crippen LogP) is 3.70. The summed E-state index contributed by atoms with van der Waals surface area (Å²) >= 11 is 1.93. The molecule has 0 amide bonds. The molecule has 1 aromatic rings. The summed E-state index contributed by atoms with van der Waals surface area (Å²) in [5, 5.41) is 6.05. The molecule has 1 aromatic heterocycles. The fraction of sp³-hybridized carbons (Fsp3) is 0.765. The van der Waals surface area contributed by atoms with Crippen molar-refractivity contribution in [1.29, 1.82) is 0 Å². The molecular weight excluding hydrogens is 264 g/mol. The van der Waals surface area contributed by atoms with Crippen LogP contribution in [0.25, 0.3) is 0 Å². The second-order valence-corrected chi connectivity index (χ2v) is 8.75. The van der Waals surface area contributed by atoms with Crippen LogP contribution >= 0.6 is 11.3 Å². The number of piperidine rings is 1. The third-order valence-electron chi connectivity index (χ3n) is 4.41. The van der Waals surface area contributed by atoms with Gasteiger partial charge in [0.25, 0.3) is 0 Å². The second kappa shape index (κ2) is 5.78. The van der Waals surface area contributed by atoms with Crippen molar-refractivity contribution in [3.05, 3.63) is 22.4 Å². The van der Waals surface area contributed by atoms with Crippen molar-refractivity contribution in [2.75, 3.05) is 19.6 Å². The Bertz CT molecular complexity index is 417. The minimum absolute atomic E-state index is 0.375. The molecule has 1 saturated heterocycles. The minimum Gasteiger partial charge on any atom is -0.312 e. The number of nitrogens with zero attached hydrogens (tertiary/aromatic N) is 1. The highest BCUT2D eigenvalue weighted by atomic mass is 32.1. The highest BCUT2D eigenvalue weighted by Crippen LogP contribution is 2.36. The summed E-state index contributed by atoms with van der Waals surface area (Å²) in [4.78, 5) is 4.33. The molecule has 2 unspecified atom stereocenters. The Kier molecular flexibility index (Phi) is 4.21. The zero-order valence-corrected chi connectivity index (χ0v) is 13.9. The number of likely N-dealkylation sites (tertiary alicyclic amines) is 1. The first-order chi connectivity index (χ1) is 9.51. The maximum absolute atomic E-state index is 3.83. The molecule has 1 N–H and O–H groups in total. The van der Waals surface area contributed by atoms with Crippen LogP contribution in [0.1, 0.15) is 50.8 Å². The van der Waals surface area contributed by atoms with Gasteiger partial charge in [-0.15, -0.1) is 11.3 Å². The lowest BCUT2D eigenvalue weighted by molar-refractivity contribution is 0.157. The van der Waals surface area contributed by atoms with E-state index in [0.29, 0.717) is 11.5 Å². The molecule has 112 valence electrons. The van der Waals surface area contributed by atoms with E-state index >= 15 is 0 Å². The lowest BCUT2D eigenvalue weighted by Crippen LogP contribution is -2.50. The topological polar surface area (TPSA) is 15.3 Å². The smallest absolute Gasteiger partial charge is 0.0201 e.